The second-order valence-electron chi connectivity index (χ2n) is 5.94. The van der Waals surface area contributed by atoms with E-state index in [0.29, 0.717) is 5.82 Å². The van der Waals surface area contributed by atoms with Crippen molar-refractivity contribution in [3.8, 4) is 0 Å². The normalized spacial score (nSPS) is 12.9. The number of nitrogens with one attached hydrogen (secondary N) is 2. The number of carbonyl (C=O) groups excluding carboxylic acids is 1. The van der Waals surface area contributed by atoms with Gasteiger partial charge in [-0.05, 0) is 32.9 Å². The lowest BCUT2D eigenvalue weighted by atomic mass is 10.2. The fraction of sp³-hybridized carbons (Fsp3) is 0.400. The molecule has 0 bridgehead atoms. The molecule has 3 N–H and O–H groups in total. The van der Waals surface area contributed by atoms with Crippen molar-refractivity contribution in [2.45, 2.75) is 38.8 Å². The molecule has 118 valence electrons. The number of aromatic amines is 1. The minimum Gasteiger partial charge on any atom is -0.480 e. The molecule has 7 heteroatoms. The number of aromatic nitrogens is 2. The van der Waals surface area contributed by atoms with E-state index < -0.39 is 23.7 Å². The number of benzene rings is 1. The number of carbonyl (C=O) groups is 2. The highest BCUT2D eigenvalue weighted by Gasteiger charge is 2.25. The van der Waals surface area contributed by atoms with E-state index in [0.717, 1.165) is 11.0 Å². The van der Waals surface area contributed by atoms with Crippen molar-refractivity contribution in [1.82, 2.24) is 15.3 Å². The Morgan fingerprint density at radius 1 is 1.36 bits per heavy atom. The summed E-state index contributed by atoms with van der Waals surface area (Å²) in [6, 6.07) is 6.27. The minimum absolute atomic E-state index is 0.0449. The van der Waals surface area contributed by atoms with Crippen molar-refractivity contribution in [3.05, 3.63) is 30.1 Å². The Morgan fingerprint density at radius 3 is 2.64 bits per heavy atom. The Balaban J connectivity index is 2.08. The number of fused-ring (bicyclic) bond motifs is 1. The van der Waals surface area contributed by atoms with Crippen LogP contribution in [0.15, 0.2) is 24.3 Å². The number of aliphatic carboxylic acids is 1. The number of hydrogen-bond acceptors (Lipinski definition) is 4. The zero-order valence-corrected chi connectivity index (χ0v) is 12.7. The zero-order chi connectivity index (χ0) is 16.3. The fourth-order valence-electron chi connectivity index (χ4n) is 1.95. The third kappa shape index (κ3) is 4.21. The summed E-state index contributed by atoms with van der Waals surface area (Å²) in [4.78, 5) is 30.4. The minimum atomic E-state index is -1.15. The molecular weight excluding hydrogens is 286 g/mol. The maximum Gasteiger partial charge on any atom is 0.408 e. The van der Waals surface area contributed by atoms with E-state index >= 15 is 0 Å². The molecule has 0 aliphatic rings. The number of imidazole rings is 1. The van der Waals surface area contributed by atoms with E-state index in [9.17, 15) is 14.7 Å². The van der Waals surface area contributed by atoms with E-state index in [4.69, 9.17) is 4.74 Å². The van der Waals surface area contributed by atoms with Gasteiger partial charge in [0.1, 0.15) is 17.5 Å². The largest absolute Gasteiger partial charge is 0.480 e. The summed E-state index contributed by atoms with van der Waals surface area (Å²) < 4.78 is 5.07. The first-order valence-electron chi connectivity index (χ1n) is 6.90. The Morgan fingerprint density at radius 2 is 2.05 bits per heavy atom. The van der Waals surface area contributed by atoms with Crippen molar-refractivity contribution >= 4 is 23.1 Å². The average Bonchev–Trinajstić information content (AvgIpc) is 2.77. The van der Waals surface area contributed by atoms with Crippen LogP contribution in [0.1, 0.15) is 26.6 Å². The Labute approximate surface area is 127 Å². The van der Waals surface area contributed by atoms with Gasteiger partial charge in [-0.3, -0.25) is 0 Å². The highest BCUT2D eigenvalue weighted by molar-refractivity contribution is 5.80. The zero-order valence-electron chi connectivity index (χ0n) is 12.7. The number of carboxylic acid groups (broad SMARTS) is 1. The highest BCUT2D eigenvalue weighted by Crippen LogP contribution is 2.12. The quantitative estimate of drug-likeness (QED) is 0.802. The summed E-state index contributed by atoms with van der Waals surface area (Å²) in [5.41, 5.74) is 0.879. The van der Waals surface area contributed by atoms with Crippen LogP contribution >= 0.6 is 0 Å². The number of amides is 1. The van der Waals surface area contributed by atoms with Crippen LogP contribution in [0.25, 0.3) is 11.0 Å². The number of para-hydroxylation sites is 2. The van der Waals surface area contributed by atoms with Crippen LogP contribution in [0.3, 0.4) is 0 Å². The lowest BCUT2D eigenvalue weighted by Crippen LogP contribution is -2.44. The number of carboxylic acids is 1. The smallest absolute Gasteiger partial charge is 0.408 e. The molecule has 1 heterocycles. The van der Waals surface area contributed by atoms with E-state index in [1.807, 2.05) is 24.3 Å². The molecule has 0 radical (unpaired) electrons. The van der Waals surface area contributed by atoms with E-state index in [1.165, 1.54) is 0 Å². The van der Waals surface area contributed by atoms with Gasteiger partial charge in [-0.25, -0.2) is 14.6 Å². The molecule has 2 rings (SSSR count). The maximum absolute atomic E-state index is 11.7. The third-order valence-electron chi connectivity index (χ3n) is 2.82. The number of hydrogen-bond donors (Lipinski definition) is 3. The topological polar surface area (TPSA) is 104 Å². The average molecular weight is 305 g/mol. The van der Waals surface area contributed by atoms with Crippen molar-refractivity contribution in [1.29, 1.82) is 0 Å². The number of ether oxygens (including phenoxy) is 1. The van der Waals surface area contributed by atoms with Gasteiger partial charge in [0.25, 0.3) is 0 Å². The first kappa shape index (κ1) is 15.8. The molecule has 0 aliphatic carbocycles. The summed E-state index contributed by atoms with van der Waals surface area (Å²) in [6.07, 6.45) is -0.723. The van der Waals surface area contributed by atoms with Gasteiger partial charge in [-0.2, -0.15) is 0 Å². The second-order valence-corrected chi connectivity index (χ2v) is 5.94. The monoisotopic (exact) mass is 305 g/mol. The molecule has 2 aromatic rings. The van der Waals surface area contributed by atoms with Gasteiger partial charge < -0.3 is 20.1 Å². The summed E-state index contributed by atoms with van der Waals surface area (Å²) in [5.74, 6) is -0.657. The first-order valence-corrected chi connectivity index (χ1v) is 6.90. The van der Waals surface area contributed by atoms with Crippen molar-refractivity contribution in [2.24, 2.45) is 0 Å². The highest BCUT2D eigenvalue weighted by atomic mass is 16.6. The SMILES string of the molecule is CC(C)(C)OC(=O)N[C@H](Cc1nc2ccccc2[nH]1)C(=O)O. The molecule has 1 atom stereocenters. The molecule has 0 saturated heterocycles. The van der Waals surface area contributed by atoms with Gasteiger partial charge in [-0.1, -0.05) is 12.1 Å². The van der Waals surface area contributed by atoms with Crippen LogP contribution < -0.4 is 5.32 Å². The second kappa shape index (κ2) is 6.05. The Hall–Kier alpha value is -2.57. The summed E-state index contributed by atoms with van der Waals surface area (Å²) in [5, 5.41) is 11.6. The number of rotatable bonds is 4. The Bertz CT molecular complexity index is 654. The Kier molecular flexibility index (Phi) is 4.35. The molecule has 1 amide bonds. The molecule has 0 aliphatic heterocycles. The van der Waals surface area contributed by atoms with Crippen LogP contribution in [0, 0.1) is 0 Å². The molecule has 1 aromatic carbocycles. The molecule has 22 heavy (non-hydrogen) atoms. The van der Waals surface area contributed by atoms with E-state index in [1.54, 1.807) is 20.8 Å². The molecule has 0 fully saturated rings. The first-order chi connectivity index (χ1) is 10.2. The predicted molar refractivity (Wildman–Crippen MR) is 80.6 cm³/mol. The van der Waals surface area contributed by atoms with Crippen molar-refractivity contribution in [3.63, 3.8) is 0 Å². The maximum atomic E-state index is 11.7. The molecule has 1 aromatic heterocycles. The van der Waals surface area contributed by atoms with E-state index in [2.05, 4.69) is 15.3 Å². The lowest BCUT2D eigenvalue weighted by Gasteiger charge is -2.21. The molecule has 0 unspecified atom stereocenters. The van der Waals surface area contributed by atoms with Crippen LogP contribution in [-0.2, 0) is 16.0 Å². The predicted octanol–water partition coefficient (Wildman–Crippen LogP) is 2.08. The standard InChI is InChI=1S/C15H19N3O4/c1-15(2,3)22-14(21)18-11(13(19)20)8-12-16-9-6-4-5-7-10(9)17-12/h4-7,11H,8H2,1-3H3,(H,16,17)(H,18,21)(H,19,20)/t11-/m1/s1. The van der Waals surface area contributed by atoms with Crippen LogP contribution in [0.2, 0.25) is 0 Å². The van der Waals surface area contributed by atoms with Crippen LogP contribution in [0.5, 0.6) is 0 Å². The fourth-order valence-corrected chi connectivity index (χ4v) is 1.95. The van der Waals surface area contributed by atoms with Crippen molar-refractivity contribution < 1.29 is 19.4 Å². The number of alkyl carbamates (subject to hydrolysis) is 1. The van der Waals surface area contributed by atoms with Gasteiger partial charge in [0.15, 0.2) is 0 Å². The van der Waals surface area contributed by atoms with Gasteiger partial charge >= 0.3 is 12.1 Å². The summed E-state index contributed by atoms with van der Waals surface area (Å²) >= 11 is 0. The molecule has 7 nitrogen and oxygen atoms in total. The van der Waals surface area contributed by atoms with Gasteiger partial charge in [0.05, 0.1) is 11.0 Å². The lowest BCUT2D eigenvalue weighted by molar-refractivity contribution is -0.139. The molecule has 0 spiro atoms. The van der Waals surface area contributed by atoms with Gasteiger partial charge in [0.2, 0.25) is 0 Å². The summed E-state index contributed by atoms with van der Waals surface area (Å²) in [7, 11) is 0. The van der Waals surface area contributed by atoms with Crippen LogP contribution in [-0.4, -0.2) is 38.8 Å². The third-order valence-corrected chi connectivity index (χ3v) is 2.82. The molecule has 0 saturated carbocycles. The van der Waals surface area contributed by atoms with Gasteiger partial charge in [0, 0.05) is 6.42 Å². The van der Waals surface area contributed by atoms with Crippen molar-refractivity contribution in [2.75, 3.05) is 0 Å². The number of nitrogens with zero attached hydrogens (tertiary/aromatic N) is 1. The van der Waals surface area contributed by atoms with Crippen LogP contribution in [0.4, 0.5) is 4.79 Å². The number of H-pyrrole nitrogens is 1. The summed E-state index contributed by atoms with van der Waals surface area (Å²) in [6.45, 7) is 5.13. The molecular formula is C15H19N3O4. The van der Waals surface area contributed by atoms with Gasteiger partial charge in [-0.15, -0.1) is 0 Å². The van der Waals surface area contributed by atoms with E-state index in [-0.39, 0.29) is 6.42 Å².